The standard InChI is InChI=1S/C18H18BrN3O2S/c1-22-17(11-24-16-8-6-15(23-2)7-9-16)20-21-18(22)25-12-13-4-3-5-14(19)10-13/h3-10H,11-12H2,1-2H3. The number of ether oxygens (including phenoxy) is 2. The molecule has 0 fully saturated rings. The van der Waals surface area contributed by atoms with Gasteiger partial charge in [-0.15, -0.1) is 10.2 Å². The zero-order chi connectivity index (χ0) is 17.6. The lowest BCUT2D eigenvalue weighted by atomic mass is 10.2. The van der Waals surface area contributed by atoms with Crippen LogP contribution in [0.1, 0.15) is 11.4 Å². The molecule has 1 aromatic heterocycles. The highest BCUT2D eigenvalue weighted by molar-refractivity contribution is 9.10. The summed E-state index contributed by atoms with van der Waals surface area (Å²) in [6, 6.07) is 15.7. The molecule has 0 saturated heterocycles. The number of aromatic nitrogens is 3. The maximum atomic E-state index is 5.77. The van der Waals surface area contributed by atoms with Gasteiger partial charge in [0.25, 0.3) is 0 Å². The summed E-state index contributed by atoms with van der Waals surface area (Å²) in [5, 5.41) is 9.35. The van der Waals surface area contributed by atoms with E-state index in [9.17, 15) is 0 Å². The number of thioether (sulfide) groups is 1. The molecule has 0 amide bonds. The van der Waals surface area contributed by atoms with Gasteiger partial charge in [0.2, 0.25) is 0 Å². The number of rotatable bonds is 7. The second-order valence-corrected chi connectivity index (χ2v) is 7.20. The Kier molecular flexibility index (Phi) is 5.99. The van der Waals surface area contributed by atoms with Crippen LogP contribution in [0.2, 0.25) is 0 Å². The van der Waals surface area contributed by atoms with Crippen LogP contribution in [-0.4, -0.2) is 21.9 Å². The van der Waals surface area contributed by atoms with E-state index in [-0.39, 0.29) is 0 Å². The number of methoxy groups -OCH3 is 1. The lowest BCUT2D eigenvalue weighted by molar-refractivity contribution is 0.290. The summed E-state index contributed by atoms with van der Waals surface area (Å²) in [6.07, 6.45) is 0. The van der Waals surface area contributed by atoms with E-state index in [1.807, 2.05) is 48.0 Å². The Hall–Kier alpha value is -1.99. The molecule has 0 atom stereocenters. The van der Waals surface area contributed by atoms with Crippen molar-refractivity contribution in [2.45, 2.75) is 17.5 Å². The SMILES string of the molecule is COc1ccc(OCc2nnc(SCc3cccc(Br)c3)n2C)cc1. The van der Waals surface area contributed by atoms with Gasteiger partial charge in [0, 0.05) is 17.3 Å². The summed E-state index contributed by atoms with van der Waals surface area (Å²) in [5.74, 6) is 3.20. The van der Waals surface area contributed by atoms with E-state index < -0.39 is 0 Å². The first-order chi connectivity index (χ1) is 12.2. The first-order valence-electron chi connectivity index (χ1n) is 7.68. The molecule has 25 heavy (non-hydrogen) atoms. The fourth-order valence-electron chi connectivity index (χ4n) is 2.19. The quantitative estimate of drug-likeness (QED) is 0.529. The van der Waals surface area contributed by atoms with Crippen LogP contribution < -0.4 is 9.47 Å². The lowest BCUT2D eigenvalue weighted by Gasteiger charge is -2.07. The van der Waals surface area contributed by atoms with Crippen LogP contribution in [0.15, 0.2) is 58.2 Å². The van der Waals surface area contributed by atoms with Gasteiger partial charge in [-0.3, -0.25) is 0 Å². The Balaban J connectivity index is 1.58. The molecule has 0 saturated carbocycles. The highest BCUT2D eigenvalue weighted by atomic mass is 79.9. The molecule has 0 bridgehead atoms. The molecule has 0 aliphatic heterocycles. The average molecular weight is 420 g/mol. The van der Waals surface area contributed by atoms with Crippen molar-refractivity contribution < 1.29 is 9.47 Å². The number of benzene rings is 2. The van der Waals surface area contributed by atoms with E-state index in [0.29, 0.717) is 6.61 Å². The van der Waals surface area contributed by atoms with Crippen molar-refractivity contribution >= 4 is 27.7 Å². The van der Waals surface area contributed by atoms with Gasteiger partial charge in [-0.1, -0.05) is 39.8 Å². The molecule has 130 valence electrons. The first kappa shape index (κ1) is 17.8. The monoisotopic (exact) mass is 419 g/mol. The van der Waals surface area contributed by atoms with E-state index in [0.717, 1.165) is 32.7 Å². The van der Waals surface area contributed by atoms with Crippen LogP contribution in [0, 0.1) is 0 Å². The maximum Gasteiger partial charge on any atom is 0.191 e. The molecule has 2 aromatic carbocycles. The van der Waals surface area contributed by atoms with Gasteiger partial charge in [-0.05, 0) is 42.0 Å². The van der Waals surface area contributed by atoms with Crippen molar-refractivity contribution in [2.75, 3.05) is 7.11 Å². The van der Waals surface area contributed by atoms with Crippen molar-refractivity contribution in [3.8, 4) is 11.5 Å². The highest BCUT2D eigenvalue weighted by Crippen LogP contribution is 2.23. The van der Waals surface area contributed by atoms with Crippen LogP contribution in [0.4, 0.5) is 0 Å². The zero-order valence-electron chi connectivity index (χ0n) is 14.0. The molecule has 5 nitrogen and oxygen atoms in total. The van der Waals surface area contributed by atoms with E-state index in [2.05, 4.69) is 38.3 Å². The minimum atomic E-state index is 0.368. The molecule has 0 N–H and O–H groups in total. The van der Waals surface area contributed by atoms with Crippen molar-refractivity contribution in [2.24, 2.45) is 7.05 Å². The largest absolute Gasteiger partial charge is 0.497 e. The number of halogens is 1. The molecule has 1 heterocycles. The van der Waals surface area contributed by atoms with Gasteiger partial charge in [0.1, 0.15) is 18.1 Å². The average Bonchev–Trinajstić information content (AvgIpc) is 2.98. The number of hydrogen-bond acceptors (Lipinski definition) is 5. The molecule has 0 spiro atoms. The Morgan fingerprint density at radius 3 is 2.56 bits per heavy atom. The minimum Gasteiger partial charge on any atom is -0.497 e. The number of hydrogen-bond donors (Lipinski definition) is 0. The summed E-state index contributed by atoms with van der Waals surface area (Å²) in [6.45, 7) is 0.368. The van der Waals surface area contributed by atoms with Crippen molar-refractivity contribution in [1.29, 1.82) is 0 Å². The van der Waals surface area contributed by atoms with Crippen molar-refractivity contribution in [3.63, 3.8) is 0 Å². The molecular weight excluding hydrogens is 402 g/mol. The topological polar surface area (TPSA) is 49.2 Å². The Labute approximate surface area is 159 Å². The molecule has 3 aromatic rings. The third-order valence-corrected chi connectivity index (χ3v) is 5.19. The van der Waals surface area contributed by atoms with Crippen LogP contribution in [0.25, 0.3) is 0 Å². The summed E-state index contributed by atoms with van der Waals surface area (Å²) < 4.78 is 14.0. The van der Waals surface area contributed by atoms with Gasteiger partial charge < -0.3 is 14.0 Å². The van der Waals surface area contributed by atoms with Crippen LogP contribution in [0.3, 0.4) is 0 Å². The zero-order valence-corrected chi connectivity index (χ0v) is 16.4. The van der Waals surface area contributed by atoms with E-state index in [1.165, 1.54) is 5.56 Å². The fourth-order valence-corrected chi connectivity index (χ4v) is 3.51. The van der Waals surface area contributed by atoms with E-state index in [4.69, 9.17) is 9.47 Å². The van der Waals surface area contributed by atoms with Gasteiger partial charge in [-0.2, -0.15) is 0 Å². The van der Waals surface area contributed by atoms with E-state index >= 15 is 0 Å². The predicted octanol–water partition coefficient (Wildman–Crippen LogP) is 4.46. The molecule has 0 aliphatic rings. The second kappa shape index (κ2) is 8.40. The summed E-state index contributed by atoms with van der Waals surface area (Å²) in [5.41, 5.74) is 1.23. The van der Waals surface area contributed by atoms with Crippen LogP contribution in [-0.2, 0) is 19.4 Å². The molecular formula is C18H18BrN3O2S. The van der Waals surface area contributed by atoms with Gasteiger partial charge in [0.05, 0.1) is 7.11 Å². The first-order valence-corrected chi connectivity index (χ1v) is 9.46. The highest BCUT2D eigenvalue weighted by Gasteiger charge is 2.10. The summed E-state index contributed by atoms with van der Waals surface area (Å²) in [7, 11) is 3.60. The second-order valence-electron chi connectivity index (χ2n) is 5.34. The Morgan fingerprint density at radius 2 is 1.84 bits per heavy atom. The van der Waals surface area contributed by atoms with Gasteiger partial charge >= 0.3 is 0 Å². The molecule has 0 unspecified atom stereocenters. The third-order valence-electron chi connectivity index (χ3n) is 3.61. The molecule has 0 aliphatic carbocycles. The lowest BCUT2D eigenvalue weighted by Crippen LogP contribution is -2.04. The van der Waals surface area contributed by atoms with Crippen molar-refractivity contribution in [1.82, 2.24) is 14.8 Å². The van der Waals surface area contributed by atoms with Gasteiger partial charge in [0.15, 0.2) is 11.0 Å². The fraction of sp³-hybridized carbons (Fsp3) is 0.222. The van der Waals surface area contributed by atoms with E-state index in [1.54, 1.807) is 18.9 Å². The summed E-state index contributed by atoms with van der Waals surface area (Å²) in [4.78, 5) is 0. The maximum absolute atomic E-state index is 5.77. The molecule has 7 heteroatoms. The van der Waals surface area contributed by atoms with Crippen LogP contribution >= 0.6 is 27.7 Å². The van der Waals surface area contributed by atoms with Crippen LogP contribution in [0.5, 0.6) is 11.5 Å². The summed E-state index contributed by atoms with van der Waals surface area (Å²) >= 11 is 5.14. The Bertz CT molecular complexity index is 837. The predicted molar refractivity (Wildman–Crippen MR) is 102 cm³/mol. The normalized spacial score (nSPS) is 10.7. The number of nitrogens with zero attached hydrogens (tertiary/aromatic N) is 3. The Morgan fingerprint density at radius 1 is 1.08 bits per heavy atom. The third kappa shape index (κ3) is 4.76. The molecule has 3 rings (SSSR count). The minimum absolute atomic E-state index is 0.368. The van der Waals surface area contributed by atoms with Gasteiger partial charge in [-0.25, -0.2) is 0 Å². The molecule has 0 radical (unpaired) electrons. The van der Waals surface area contributed by atoms with Crippen molar-refractivity contribution in [3.05, 3.63) is 64.4 Å². The smallest absolute Gasteiger partial charge is 0.191 e.